The molecule has 2 heterocycles. The van der Waals surface area contributed by atoms with Gasteiger partial charge in [-0.1, -0.05) is 24.4 Å². The molecule has 2 aromatic heterocycles. The first-order valence-electron chi connectivity index (χ1n) is 3.87. The van der Waals surface area contributed by atoms with Crippen molar-refractivity contribution >= 4 is 11.0 Å². The number of aryl methyl sites for hydroxylation is 2. The van der Waals surface area contributed by atoms with Crippen LogP contribution in [-0.2, 0) is 13.5 Å². The standard InChI is InChI=1S/C8H9N4.K/c1-3-7-6-4-11-12(2)8(6)10-5-9-7;/h4H,3H2,1-2H3;/q-1;+1. The smallest absolute Gasteiger partial charge is 0.370 e. The number of aromatic nitrogens is 4. The van der Waals surface area contributed by atoms with Crippen LogP contribution in [0.4, 0.5) is 0 Å². The molecule has 0 bridgehead atoms. The largest absolute Gasteiger partial charge is 1.00 e. The van der Waals surface area contributed by atoms with E-state index in [1.165, 1.54) is 0 Å². The van der Waals surface area contributed by atoms with Crippen molar-refractivity contribution in [3.8, 4) is 0 Å². The van der Waals surface area contributed by atoms with Gasteiger partial charge in [0, 0.05) is 25.2 Å². The van der Waals surface area contributed by atoms with E-state index in [0.717, 1.165) is 23.1 Å². The molecule has 0 aromatic carbocycles. The van der Waals surface area contributed by atoms with E-state index in [1.807, 2.05) is 7.05 Å². The molecule has 0 saturated heterocycles. The molecule has 2 aromatic rings. The van der Waals surface area contributed by atoms with Crippen molar-refractivity contribution in [2.45, 2.75) is 13.3 Å². The van der Waals surface area contributed by atoms with E-state index in [1.54, 1.807) is 10.9 Å². The quantitative estimate of drug-likeness (QED) is 0.385. The Balaban J connectivity index is 0.000000845. The molecule has 0 radical (unpaired) electrons. The fourth-order valence-electron chi connectivity index (χ4n) is 1.23. The Labute approximate surface area is 119 Å². The SMILES string of the molecule is CCc1n[c-]nc2c1cnn2C.[K+]. The Hall–Kier alpha value is 0.186. The molecular weight excluding hydrogens is 191 g/mol. The topological polar surface area (TPSA) is 43.6 Å². The third-order valence-corrected chi connectivity index (χ3v) is 1.89. The van der Waals surface area contributed by atoms with Gasteiger partial charge in [-0.25, -0.2) is 0 Å². The van der Waals surface area contributed by atoms with E-state index in [0.29, 0.717) is 0 Å². The zero-order valence-electron chi connectivity index (χ0n) is 8.07. The van der Waals surface area contributed by atoms with Gasteiger partial charge in [0.05, 0.1) is 0 Å². The molecule has 62 valence electrons. The summed E-state index contributed by atoms with van der Waals surface area (Å²) in [4.78, 5) is 8.06. The minimum absolute atomic E-state index is 0. The molecular formula is C8H9KN4. The summed E-state index contributed by atoms with van der Waals surface area (Å²) < 4.78 is 1.73. The van der Waals surface area contributed by atoms with Gasteiger partial charge >= 0.3 is 51.4 Å². The van der Waals surface area contributed by atoms with Crippen molar-refractivity contribution in [1.29, 1.82) is 0 Å². The van der Waals surface area contributed by atoms with Gasteiger partial charge in [0.1, 0.15) is 0 Å². The molecule has 2 rings (SSSR count). The van der Waals surface area contributed by atoms with Gasteiger partial charge in [-0.3, -0.25) is 0 Å². The Kier molecular flexibility index (Phi) is 3.99. The monoisotopic (exact) mass is 200 g/mol. The third kappa shape index (κ3) is 1.99. The molecule has 0 N–H and O–H groups in total. The minimum Gasteiger partial charge on any atom is -0.370 e. The second kappa shape index (κ2) is 4.61. The maximum Gasteiger partial charge on any atom is 1.00 e. The number of nitrogens with zero attached hydrogens (tertiary/aromatic N) is 4. The van der Waals surface area contributed by atoms with Crippen molar-refractivity contribution in [1.82, 2.24) is 19.7 Å². The van der Waals surface area contributed by atoms with Gasteiger partial charge in [0.25, 0.3) is 0 Å². The van der Waals surface area contributed by atoms with Crippen LogP contribution in [0.5, 0.6) is 0 Å². The van der Waals surface area contributed by atoms with Crippen LogP contribution in [0.15, 0.2) is 6.20 Å². The maximum absolute atomic E-state index is 4.10. The first-order chi connectivity index (χ1) is 5.83. The molecule has 0 saturated carbocycles. The van der Waals surface area contributed by atoms with Crippen LogP contribution >= 0.6 is 0 Å². The van der Waals surface area contributed by atoms with E-state index in [2.05, 4.69) is 28.3 Å². The minimum atomic E-state index is 0. The summed E-state index contributed by atoms with van der Waals surface area (Å²) in [5, 5.41) is 5.13. The molecule has 13 heavy (non-hydrogen) atoms. The molecule has 0 aliphatic rings. The number of hydrogen-bond donors (Lipinski definition) is 0. The molecule has 0 aliphatic carbocycles. The van der Waals surface area contributed by atoms with Crippen LogP contribution in [0.3, 0.4) is 0 Å². The van der Waals surface area contributed by atoms with Gasteiger partial charge in [0.2, 0.25) is 0 Å². The predicted molar refractivity (Wildman–Crippen MR) is 44.5 cm³/mol. The number of hydrogen-bond acceptors (Lipinski definition) is 3. The van der Waals surface area contributed by atoms with Crippen LogP contribution in [0.1, 0.15) is 12.6 Å². The van der Waals surface area contributed by atoms with Crippen LogP contribution in [0.2, 0.25) is 0 Å². The first kappa shape index (κ1) is 11.3. The molecule has 0 amide bonds. The van der Waals surface area contributed by atoms with E-state index in [9.17, 15) is 0 Å². The van der Waals surface area contributed by atoms with Gasteiger partial charge in [0.15, 0.2) is 0 Å². The van der Waals surface area contributed by atoms with Crippen molar-refractivity contribution in [2.75, 3.05) is 0 Å². The Morgan fingerprint density at radius 2 is 2.23 bits per heavy atom. The summed E-state index contributed by atoms with van der Waals surface area (Å²) in [5.41, 5.74) is 1.86. The van der Waals surface area contributed by atoms with E-state index < -0.39 is 0 Å². The Morgan fingerprint density at radius 3 is 2.92 bits per heavy atom. The summed E-state index contributed by atoms with van der Waals surface area (Å²) in [6.07, 6.45) is 5.30. The maximum atomic E-state index is 4.10. The zero-order valence-corrected chi connectivity index (χ0v) is 11.2. The van der Waals surface area contributed by atoms with Crippen LogP contribution < -0.4 is 51.4 Å². The molecule has 0 fully saturated rings. The molecule has 0 unspecified atom stereocenters. The summed E-state index contributed by atoms with van der Waals surface area (Å²) in [7, 11) is 1.86. The van der Waals surface area contributed by atoms with E-state index >= 15 is 0 Å². The fourth-order valence-corrected chi connectivity index (χ4v) is 1.23. The van der Waals surface area contributed by atoms with Gasteiger partial charge in [-0.15, -0.1) is 0 Å². The van der Waals surface area contributed by atoms with Gasteiger partial charge in [-0.05, 0) is 0 Å². The fraction of sp³-hybridized carbons (Fsp3) is 0.375. The second-order valence-electron chi connectivity index (χ2n) is 2.63. The van der Waals surface area contributed by atoms with E-state index in [-0.39, 0.29) is 51.4 Å². The summed E-state index contributed by atoms with van der Waals surface area (Å²) in [6.45, 7) is 2.06. The van der Waals surface area contributed by atoms with Crippen molar-refractivity contribution < 1.29 is 51.4 Å². The van der Waals surface area contributed by atoms with E-state index in [4.69, 9.17) is 0 Å². The first-order valence-corrected chi connectivity index (χ1v) is 3.87. The van der Waals surface area contributed by atoms with Crippen LogP contribution in [-0.4, -0.2) is 19.7 Å². The Bertz CT molecular complexity index is 409. The normalized spacial score (nSPS) is 10.0. The van der Waals surface area contributed by atoms with Gasteiger partial charge < -0.3 is 14.6 Å². The Morgan fingerprint density at radius 1 is 1.46 bits per heavy atom. The number of fused-ring (bicyclic) bond motifs is 1. The summed E-state index contributed by atoms with van der Waals surface area (Å²) in [6, 6.07) is 0. The molecule has 0 atom stereocenters. The molecule has 0 spiro atoms. The van der Waals surface area contributed by atoms with Crippen molar-refractivity contribution in [2.24, 2.45) is 7.05 Å². The molecule has 4 nitrogen and oxygen atoms in total. The third-order valence-electron chi connectivity index (χ3n) is 1.89. The van der Waals surface area contributed by atoms with Crippen LogP contribution in [0.25, 0.3) is 11.0 Å². The second-order valence-corrected chi connectivity index (χ2v) is 2.63. The average molecular weight is 200 g/mol. The molecule has 5 heteroatoms. The summed E-state index contributed by atoms with van der Waals surface area (Å²) >= 11 is 0. The summed E-state index contributed by atoms with van der Waals surface area (Å²) in [5.74, 6) is 0. The van der Waals surface area contributed by atoms with Crippen LogP contribution in [0, 0.1) is 6.33 Å². The van der Waals surface area contributed by atoms with Crippen molar-refractivity contribution in [3.05, 3.63) is 18.2 Å². The van der Waals surface area contributed by atoms with Gasteiger partial charge in [-0.2, -0.15) is 5.10 Å². The molecule has 0 aliphatic heterocycles. The predicted octanol–water partition coefficient (Wildman–Crippen LogP) is -2.27. The van der Waals surface area contributed by atoms with Crippen molar-refractivity contribution in [3.63, 3.8) is 0 Å². The zero-order chi connectivity index (χ0) is 8.55. The average Bonchev–Trinajstić information content (AvgIpc) is 2.48. The number of rotatable bonds is 1.